The van der Waals surface area contributed by atoms with Crippen LogP contribution in [0.3, 0.4) is 0 Å². The topological polar surface area (TPSA) is 107 Å². The van der Waals surface area contributed by atoms with Crippen molar-refractivity contribution in [1.82, 2.24) is 29.6 Å². The zero-order chi connectivity index (χ0) is 19.2. The first-order valence-corrected chi connectivity index (χ1v) is 8.13. The highest BCUT2D eigenvalue weighted by molar-refractivity contribution is 5.65. The van der Waals surface area contributed by atoms with Crippen molar-refractivity contribution in [1.29, 1.82) is 0 Å². The molecule has 0 spiro atoms. The van der Waals surface area contributed by atoms with Crippen molar-refractivity contribution in [2.45, 2.75) is 18.9 Å². The molecule has 0 bridgehead atoms. The second-order valence-electron chi connectivity index (χ2n) is 6.02. The highest BCUT2D eigenvalue weighted by Crippen LogP contribution is 2.33. The maximum Gasteiger partial charge on any atom is 0.151 e. The number of benzene rings is 1. The Bertz CT molecular complexity index is 1140. The van der Waals surface area contributed by atoms with Crippen molar-refractivity contribution in [3.05, 3.63) is 65.9 Å². The third kappa shape index (κ3) is 2.61. The Balaban J connectivity index is 1.84. The van der Waals surface area contributed by atoms with Gasteiger partial charge in [0.1, 0.15) is 34.9 Å². The number of aromatic nitrogens is 6. The fraction of sp³-hybridized carbons (Fsp3) is 0.176. The Hall–Kier alpha value is -3.40. The summed E-state index contributed by atoms with van der Waals surface area (Å²) in [6, 6.07) is 6.35. The number of nitrogen functional groups attached to an aromatic ring is 1. The molecule has 0 saturated heterocycles. The van der Waals surface area contributed by atoms with Crippen molar-refractivity contribution < 1.29 is 13.9 Å². The highest BCUT2D eigenvalue weighted by atomic mass is 19.1. The van der Waals surface area contributed by atoms with E-state index in [1.54, 1.807) is 19.1 Å². The van der Waals surface area contributed by atoms with Crippen molar-refractivity contribution >= 4 is 11.3 Å². The third-order valence-electron chi connectivity index (χ3n) is 4.49. The number of hydrogen-bond donors (Lipinski definition) is 2. The SMILES string of the molecule is CCC(O)(c1cn(-c2cc(F)ccc2F)nn1)c1ccc2c(N)ncnn12. The van der Waals surface area contributed by atoms with Crippen LogP contribution in [0.5, 0.6) is 0 Å². The molecule has 0 amide bonds. The van der Waals surface area contributed by atoms with Crippen LogP contribution in [0, 0.1) is 11.6 Å². The summed E-state index contributed by atoms with van der Waals surface area (Å²) in [5.41, 5.74) is 5.25. The van der Waals surface area contributed by atoms with Crippen molar-refractivity contribution in [3.8, 4) is 5.69 Å². The first-order chi connectivity index (χ1) is 12.9. The zero-order valence-corrected chi connectivity index (χ0v) is 14.2. The lowest BCUT2D eigenvalue weighted by molar-refractivity contribution is 0.0653. The standard InChI is InChI=1S/C17H15F2N7O/c1-2-17(27,15-6-5-12-16(20)21-9-22-26(12)15)14-8-25(24-23-14)13-7-10(18)3-4-11(13)19/h3-9,27H,2H2,1H3,(H2,20,21,22). The number of fused-ring (bicyclic) bond motifs is 1. The smallest absolute Gasteiger partial charge is 0.151 e. The third-order valence-corrected chi connectivity index (χ3v) is 4.49. The summed E-state index contributed by atoms with van der Waals surface area (Å²) in [7, 11) is 0. The van der Waals surface area contributed by atoms with Gasteiger partial charge in [-0.05, 0) is 30.7 Å². The fourth-order valence-corrected chi connectivity index (χ4v) is 2.99. The molecule has 4 rings (SSSR count). The average Bonchev–Trinajstić information content (AvgIpc) is 3.31. The van der Waals surface area contributed by atoms with Gasteiger partial charge in [0.2, 0.25) is 0 Å². The van der Waals surface area contributed by atoms with Gasteiger partial charge in [-0.15, -0.1) is 5.10 Å². The first kappa shape index (κ1) is 17.0. The van der Waals surface area contributed by atoms with Crippen LogP contribution in [0.4, 0.5) is 14.6 Å². The average molecular weight is 371 g/mol. The fourth-order valence-electron chi connectivity index (χ4n) is 2.99. The van der Waals surface area contributed by atoms with Crippen molar-refractivity contribution in [2.24, 2.45) is 0 Å². The van der Waals surface area contributed by atoms with Crippen LogP contribution in [-0.2, 0) is 5.60 Å². The lowest BCUT2D eigenvalue weighted by atomic mass is 9.93. The number of rotatable bonds is 4. The number of hydrogen-bond acceptors (Lipinski definition) is 6. The van der Waals surface area contributed by atoms with Gasteiger partial charge >= 0.3 is 0 Å². The van der Waals surface area contributed by atoms with E-state index in [0.29, 0.717) is 11.2 Å². The molecule has 3 heterocycles. The van der Waals surface area contributed by atoms with Crippen LogP contribution in [0.15, 0.2) is 42.9 Å². The minimum Gasteiger partial charge on any atom is -0.382 e. The summed E-state index contributed by atoms with van der Waals surface area (Å²) in [5, 5.41) is 23.3. The van der Waals surface area contributed by atoms with Gasteiger partial charge in [-0.2, -0.15) is 5.10 Å². The Morgan fingerprint density at radius 1 is 1.22 bits per heavy atom. The van der Waals surface area contributed by atoms with E-state index in [1.165, 1.54) is 17.0 Å². The van der Waals surface area contributed by atoms with Crippen LogP contribution in [0.25, 0.3) is 11.2 Å². The maximum absolute atomic E-state index is 14.0. The van der Waals surface area contributed by atoms with Crippen molar-refractivity contribution in [3.63, 3.8) is 0 Å². The van der Waals surface area contributed by atoms with Gasteiger partial charge in [0.15, 0.2) is 11.4 Å². The first-order valence-electron chi connectivity index (χ1n) is 8.13. The molecular formula is C17H15F2N7O. The normalized spacial score (nSPS) is 13.8. The van der Waals surface area contributed by atoms with E-state index < -0.39 is 17.2 Å². The van der Waals surface area contributed by atoms with Gasteiger partial charge < -0.3 is 10.8 Å². The molecule has 3 aromatic heterocycles. The lowest BCUT2D eigenvalue weighted by Gasteiger charge is -2.23. The molecule has 0 saturated carbocycles. The number of aliphatic hydroxyl groups is 1. The molecule has 0 radical (unpaired) electrons. The van der Waals surface area contributed by atoms with E-state index in [2.05, 4.69) is 20.4 Å². The number of nitrogens with two attached hydrogens (primary N) is 1. The molecule has 1 atom stereocenters. The second-order valence-corrected chi connectivity index (χ2v) is 6.02. The van der Waals surface area contributed by atoms with E-state index in [4.69, 9.17) is 5.73 Å². The molecule has 0 aliphatic rings. The summed E-state index contributed by atoms with van der Waals surface area (Å²) in [5.74, 6) is -1.01. The molecule has 10 heteroatoms. The van der Waals surface area contributed by atoms with E-state index >= 15 is 0 Å². The summed E-state index contributed by atoms with van der Waals surface area (Å²) in [4.78, 5) is 3.92. The Morgan fingerprint density at radius 3 is 2.81 bits per heavy atom. The molecule has 27 heavy (non-hydrogen) atoms. The molecular weight excluding hydrogens is 356 g/mol. The van der Waals surface area contributed by atoms with E-state index in [9.17, 15) is 13.9 Å². The largest absolute Gasteiger partial charge is 0.382 e. The van der Waals surface area contributed by atoms with Gasteiger partial charge in [-0.1, -0.05) is 12.1 Å². The number of halogens is 2. The molecule has 0 fully saturated rings. The molecule has 4 aromatic rings. The van der Waals surface area contributed by atoms with E-state index in [0.717, 1.165) is 22.9 Å². The van der Waals surface area contributed by atoms with Crippen LogP contribution in [0.1, 0.15) is 24.7 Å². The van der Waals surface area contributed by atoms with Crippen LogP contribution >= 0.6 is 0 Å². The Kier molecular flexibility index (Phi) is 3.84. The second kappa shape index (κ2) is 6.09. The number of nitrogens with zero attached hydrogens (tertiary/aromatic N) is 6. The highest BCUT2D eigenvalue weighted by Gasteiger charge is 2.36. The van der Waals surface area contributed by atoms with Gasteiger partial charge in [0, 0.05) is 6.07 Å². The van der Waals surface area contributed by atoms with Crippen LogP contribution in [-0.4, -0.2) is 34.7 Å². The molecule has 138 valence electrons. The minimum absolute atomic E-state index is 0.112. The monoisotopic (exact) mass is 371 g/mol. The molecule has 0 aliphatic carbocycles. The summed E-state index contributed by atoms with van der Waals surface area (Å²) < 4.78 is 30.0. The Labute approximate surface area is 151 Å². The maximum atomic E-state index is 14.0. The predicted octanol–water partition coefficient (Wildman–Crippen LogP) is 1.82. The summed E-state index contributed by atoms with van der Waals surface area (Å²) in [6.45, 7) is 1.76. The number of anilines is 1. The molecule has 8 nitrogen and oxygen atoms in total. The van der Waals surface area contributed by atoms with Gasteiger partial charge in [-0.25, -0.2) is 23.0 Å². The van der Waals surface area contributed by atoms with Gasteiger partial charge in [0.25, 0.3) is 0 Å². The minimum atomic E-state index is -1.57. The van der Waals surface area contributed by atoms with Gasteiger partial charge in [-0.3, -0.25) is 0 Å². The summed E-state index contributed by atoms with van der Waals surface area (Å²) >= 11 is 0. The quantitative estimate of drug-likeness (QED) is 0.567. The Morgan fingerprint density at radius 2 is 2.04 bits per heavy atom. The molecule has 0 aliphatic heterocycles. The molecule has 1 unspecified atom stereocenters. The lowest BCUT2D eigenvalue weighted by Crippen LogP contribution is -2.29. The molecule has 3 N–H and O–H groups in total. The van der Waals surface area contributed by atoms with E-state index in [1.807, 2.05) is 0 Å². The van der Waals surface area contributed by atoms with Gasteiger partial charge in [0.05, 0.1) is 11.9 Å². The summed E-state index contributed by atoms with van der Waals surface area (Å²) in [6.07, 6.45) is 2.86. The van der Waals surface area contributed by atoms with Crippen molar-refractivity contribution in [2.75, 3.05) is 5.73 Å². The van der Waals surface area contributed by atoms with E-state index in [-0.39, 0.29) is 23.6 Å². The van der Waals surface area contributed by atoms with Crippen LogP contribution in [0.2, 0.25) is 0 Å². The zero-order valence-electron chi connectivity index (χ0n) is 14.2. The molecule has 1 aromatic carbocycles. The predicted molar refractivity (Wildman–Crippen MR) is 92.0 cm³/mol. The van der Waals surface area contributed by atoms with Crippen LogP contribution < -0.4 is 5.73 Å².